The molecule has 2 N–H and O–H groups in total. The first kappa shape index (κ1) is 10.1. The lowest BCUT2D eigenvalue weighted by atomic mass is 10.1. The van der Waals surface area contributed by atoms with Crippen LogP contribution >= 0.6 is 0 Å². The fourth-order valence-electron chi connectivity index (χ4n) is 1.16. The van der Waals surface area contributed by atoms with Gasteiger partial charge in [-0.3, -0.25) is 0 Å². The van der Waals surface area contributed by atoms with Crippen LogP contribution in [0.15, 0.2) is 24.3 Å². The van der Waals surface area contributed by atoms with Crippen molar-refractivity contribution in [1.29, 1.82) is 0 Å². The average Bonchev–Trinajstić information content (AvgIpc) is 2.19. The Labute approximate surface area is 80.3 Å². The molecule has 1 aromatic rings. The minimum atomic E-state index is 0.996. The van der Waals surface area contributed by atoms with Crippen molar-refractivity contribution in [2.75, 3.05) is 12.0 Å². The molecule has 0 aliphatic carbocycles. The van der Waals surface area contributed by atoms with Crippen molar-refractivity contribution in [1.82, 2.24) is 5.43 Å². The Kier molecular flexibility index (Phi) is 4.33. The number of anilines is 1. The molecule has 2 nitrogen and oxygen atoms in total. The summed E-state index contributed by atoms with van der Waals surface area (Å²) in [6.07, 6.45) is 2.23. The molecule has 0 radical (unpaired) electrons. The summed E-state index contributed by atoms with van der Waals surface area (Å²) in [5.41, 5.74) is 8.83. The van der Waals surface area contributed by atoms with Crippen molar-refractivity contribution in [2.45, 2.75) is 26.7 Å². The summed E-state index contributed by atoms with van der Waals surface area (Å²) in [6.45, 7) is 5.31. The number of nitrogens with one attached hydrogen (secondary N) is 2. The molecule has 0 aromatic heterocycles. The van der Waals surface area contributed by atoms with E-state index < -0.39 is 0 Å². The fraction of sp³-hybridized carbons (Fsp3) is 0.455. The van der Waals surface area contributed by atoms with Gasteiger partial charge in [-0.25, -0.2) is 5.43 Å². The van der Waals surface area contributed by atoms with Gasteiger partial charge in [-0.1, -0.05) is 26.0 Å². The first-order valence-corrected chi connectivity index (χ1v) is 4.94. The van der Waals surface area contributed by atoms with Gasteiger partial charge in [0.25, 0.3) is 0 Å². The second-order valence-corrected chi connectivity index (χ2v) is 3.11. The van der Waals surface area contributed by atoms with Gasteiger partial charge in [0.1, 0.15) is 0 Å². The first-order chi connectivity index (χ1) is 6.36. The van der Waals surface area contributed by atoms with Gasteiger partial charge in [-0.15, -0.1) is 0 Å². The number of benzene rings is 1. The lowest BCUT2D eigenvalue weighted by Crippen LogP contribution is -2.22. The van der Waals surface area contributed by atoms with E-state index in [2.05, 4.69) is 49.0 Å². The third-order valence-corrected chi connectivity index (χ3v) is 1.94. The molecular formula is C11H18N2. The van der Waals surface area contributed by atoms with Gasteiger partial charge in [0.2, 0.25) is 0 Å². The second kappa shape index (κ2) is 5.60. The van der Waals surface area contributed by atoms with E-state index in [1.807, 2.05) is 0 Å². The van der Waals surface area contributed by atoms with Crippen LogP contribution in [0.4, 0.5) is 5.69 Å². The quantitative estimate of drug-likeness (QED) is 0.535. The summed E-state index contributed by atoms with van der Waals surface area (Å²) in [5.74, 6) is 0. The van der Waals surface area contributed by atoms with E-state index in [9.17, 15) is 0 Å². The summed E-state index contributed by atoms with van der Waals surface area (Å²) in [4.78, 5) is 0. The van der Waals surface area contributed by atoms with Crippen LogP contribution in [0.3, 0.4) is 0 Å². The van der Waals surface area contributed by atoms with E-state index in [1.54, 1.807) is 0 Å². The largest absolute Gasteiger partial charge is 0.322 e. The first-order valence-electron chi connectivity index (χ1n) is 4.94. The zero-order valence-electron chi connectivity index (χ0n) is 8.43. The smallest absolute Gasteiger partial charge is 0.0490 e. The molecule has 0 saturated heterocycles. The number of rotatable bonds is 5. The van der Waals surface area contributed by atoms with E-state index in [0.29, 0.717) is 0 Å². The van der Waals surface area contributed by atoms with Gasteiger partial charge < -0.3 is 5.43 Å². The van der Waals surface area contributed by atoms with E-state index in [0.717, 1.165) is 25.1 Å². The minimum absolute atomic E-state index is 0.996. The van der Waals surface area contributed by atoms with Gasteiger partial charge in [-0.05, 0) is 30.5 Å². The van der Waals surface area contributed by atoms with E-state index in [-0.39, 0.29) is 0 Å². The highest BCUT2D eigenvalue weighted by Gasteiger charge is 1.91. The molecule has 2 heteroatoms. The van der Waals surface area contributed by atoms with Crippen LogP contribution in [-0.2, 0) is 6.42 Å². The molecule has 0 aliphatic rings. The Bertz CT molecular complexity index is 246. The maximum Gasteiger partial charge on any atom is 0.0490 e. The Balaban J connectivity index is 2.46. The van der Waals surface area contributed by atoms with Crippen LogP contribution in [0.25, 0.3) is 0 Å². The predicted molar refractivity (Wildman–Crippen MR) is 57.7 cm³/mol. The van der Waals surface area contributed by atoms with Crippen LogP contribution in [0, 0.1) is 0 Å². The van der Waals surface area contributed by atoms with Crippen molar-refractivity contribution in [3.8, 4) is 0 Å². The molecule has 1 aromatic carbocycles. The minimum Gasteiger partial charge on any atom is -0.322 e. The third kappa shape index (κ3) is 3.47. The Morgan fingerprint density at radius 1 is 1.23 bits per heavy atom. The standard InChI is InChI=1S/C11H18N2/c1-3-8-12-13-11-7-5-6-10(4-2)9-11/h5-7,9,12-13H,3-4,8H2,1-2H3. The van der Waals surface area contributed by atoms with Gasteiger partial charge in [0, 0.05) is 12.2 Å². The maximum atomic E-state index is 3.17. The SMILES string of the molecule is CCCNNc1cccc(CC)c1. The Morgan fingerprint density at radius 3 is 2.77 bits per heavy atom. The lowest BCUT2D eigenvalue weighted by Gasteiger charge is -2.07. The van der Waals surface area contributed by atoms with Crippen LogP contribution < -0.4 is 10.9 Å². The molecule has 0 amide bonds. The molecule has 1 rings (SSSR count). The van der Waals surface area contributed by atoms with Gasteiger partial charge in [-0.2, -0.15) is 0 Å². The van der Waals surface area contributed by atoms with Gasteiger partial charge in [0.15, 0.2) is 0 Å². The molecule has 0 spiro atoms. The normalized spacial score (nSPS) is 10.0. The molecule has 0 heterocycles. The number of aryl methyl sites for hydroxylation is 1. The van der Waals surface area contributed by atoms with Crippen LogP contribution in [-0.4, -0.2) is 6.54 Å². The molecule has 0 bridgehead atoms. The summed E-state index contributed by atoms with van der Waals surface area (Å²) in [7, 11) is 0. The molecule has 0 atom stereocenters. The van der Waals surface area contributed by atoms with E-state index in [4.69, 9.17) is 0 Å². The van der Waals surface area contributed by atoms with Crippen molar-refractivity contribution in [2.24, 2.45) is 0 Å². The average molecular weight is 178 g/mol. The molecule has 13 heavy (non-hydrogen) atoms. The molecule has 0 aliphatic heterocycles. The molecule has 72 valence electrons. The summed E-state index contributed by atoms with van der Waals surface area (Å²) in [5, 5.41) is 0. The highest BCUT2D eigenvalue weighted by atomic mass is 15.3. The maximum absolute atomic E-state index is 3.17. The predicted octanol–water partition coefficient (Wildman–Crippen LogP) is 2.58. The van der Waals surface area contributed by atoms with E-state index in [1.165, 1.54) is 5.56 Å². The topological polar surface area (TPSA) is 24.1 Å². The highest BCUT2D eigenvalue weighted by molar-refractivity contribution is 5.44. The summed E-state index contributed by atoms with van der Waals surface area (Å²) < 4.78 is 0. The fourth-order valence-corrected chi connectivity index (χ4v) is 1.16. The highest BCUT2D eigenvalue weighted by Crippen LogP contribution is 2.09. The molecular weight excluding hydrogens is 160 g/mol. The second-order valence-electron chi connectivity index (χ2n) is 3.11. The summed E-state index contributed by atoms with van der Waals surface area (Å²) >= 11 is 0. The van der Waals surface area contributed by atoms with Gasteiger partial charge >= 0.3 is 0 Å². The van der Waals surface area contributed by atoms with Crippen LogP contribution in [0.1, 0.15) is 25.8 Å². The zero-order valence-corrected chi connectivity index (χ0v) is 8.43. The van der Waals surface area contributed by atoms with Crippen molar-refractivity contribution >= 4 is 5.69 Å². The van der Waals surface area contributed by atoms with Crippen molar-refractivity contribution < 1.29 is 0 Å². The lowest BCUT2D eigenvalue weighted by molar-refractivity contribution is 0.760. The Hall–Kier alpha value is -1.02. The number of hydrogen-bond acceptors (Lipinski definition) is 2. The Morgan fingerprint density at radius 2 is 2.08 bits per heavy atom. The number of hydrogen-bond donors (Lipinski definition) is 2. The molecule has 0 saturated carbocycles. The molecule has 0 unspecified atom stereocenters. The third-order valence-electron chi connectivity index (χ3n) is 1.94. The van der Waals surface area contributed by atoms with Crippen LogP contribution in [0.5, 0.6) is 0 Å². The van der Waals surface area contributed by atoms with Crippen molar-refractivity contribution in [3.05, 3.63) is 29.8 Å². The van der Waals surface area contributed by atoms with Gasteiger partial charge in [0.05, 0.1) is 0 Å². The zero-order chi connectivity index (χ0) is 9.52. The number of hydrazine groups is 1. The van der Waals surface area contributed by atoms with Crippen LogP contribution in [0.2, 0.25) is 0 Å². The van der Waals surface area contributed by atoms with E-state index >= 15 is 0 Å². The molecule has 0 fully saturated rings. The monoisotopic (exact) mass is 178 g/mol. The summed E-state index contributed by atoms with van der Waals surface area (Å²) in [6, 6.07) is 8.46. The van der Waals surface area contributed by atoms with Crippen molar-refractivity contribution in [3.63, 3.8) is 0 Å².